The first-order chi connectivity index (χ1) is 11.3. The second kappa shape index (κ2) is 7.60. The number of carbonyl (C=O) groups is 1. The third-order valence-corrected chi connectivity index (χ3v) is 3.98. The van der Waals surface area contributed by atoms with Crippen LogP contribution in [0, 0.1) is 0 Å². The number of H-pyrrole nitrogens is 1. The van der Waals surface area contributed by atoms with Crippen molar-refractivity contribution in [3.05, 3.63) is 60.7 Å². The molecule has 0 fully saturated rings. The average Bonchev–Trinajstić information content (AvgIpc) is 3.05. The first kappa shape index (κ1) is 15.3. The minimum absolute atomic E-state index is 0.0116. The molecule has 1 aromatic heterocycles. The van der Waals surface area contributed by atoms with Gasteiger partial charge in [0.2, 0.25) is 11.1 Å². The summed E-state index contributed by atoms with van der Waals surface area (Å²) in [6.45, 7) is 0. The van der Waals surface area contributed by atoms with Gasteiger partial charge < -0.3 is 5.32 Å². The van der Waals surface area contributed by atoms with Gasteiger partial charge in [0.1, 0.15) is 0 Å². The van der Waals surface area contributed by atoms with Gasteiger partial charge in [0.15, 0.2) is 5.82 Å². The van der Waals surface area contributed by atoms with E-state index in [0.717, 1.165) is 17.1 Å². The molecule has 0 radical (unpaired) electrons. The van der Waals surface area contributed by atoms with Gasteiger partial charge in [-0.1, -0.05) is 60.3 Å². The molecule has 1 heterocycles. The molecule has 2 N–H and O–H groups in total. The predicted molar refractivity (Wildman–Crippen MR) is 92.2 cm³/mol. The van der Waals surface area contributed by atoms with Gasteiger partial charge >= 0.3 is 0 Å². The molecule has 0 aliphatic carbocycles. The Balaban J connectivity index is 1.48. The zero-order valence-electron chi connectivity index (χ0n) is 12.4. The molecule has 3 aromatic rings. The van der Waals surface area contributed by atoms with E-state index in [4.69, 9.17) is 0 Å². The van der Waals surface area contributed by atoms with Crippen LogP contribution in [0.25, 0.3) is 11.4 Å². The average molecular weight is 324 g/mol. The number of benzene rings is 2. The third-order valence-electron chi connectivity index (χ3n) is 3.13. The highest BCUT2D eigenvalue weighted by atomic mass is 32.2. The molecule has 23 heavy (non-hydrogen) atoms. The maximum atomic E-state index is 11.9. The third kappa shape index (κ3) is 4.43. The summed E-state index contributed by atoms with van der Waals surface area (Å²) in [7, 11) is 0. The number of nitrogens with one attached hydrogen (secondary N) is 2. The Morgan fingerprint density at radius 3 is 2.48 bits per heavy atom. The lowest BCUT2D eigenvalue weighted by Gasteiger charge is -2.03. The fourth-order valence-corrected chi connectivity index (χ4v) is 2.75. The molecule has 1 amide bonds. The first-order valence-corrected chi connectivity index (χ1v) is 8.25. The number of hydrogen-bond acceptors (Lipinski definition) is 4. The molecule has 2 aromatic carbocycles. The van der Waals surface area contributed by atoms with Crippen molar-refractivity contribution < 1.29 is 4.79 Å². The second-order valence-corrected chi connectivity index (χ2v) is 5.91. The van der Waals surface area contributed by atoms with E-state index in [-0.39, 0.29) is 5.91 Å². The van der Waals surface area contributed by atoms with E-state index in [1.807, 2.05) is 60.7 Å². The van der Waals surface area contributed by atoms with Gasteiger partial charge in [-0.05, 0) is 12.1 Å². The van der Waals surface area contributed by atoms with E-state index >= 15 is 0 Å². The number of hydrogen-bond donors (Lipinski definition) is 2. The molecule has 0 bridgehead atoms. The Labute approximate surface area is 138 Å². The molecular weight excluding hydrogens is 308 g/mol. The standard InChI is InChI=1S/C17H16N4OS/c22-15(18-14-9-5-2-6-10-14)11-12-23-17-19-16(20-21-17)13-7-3-1-4-8-13/h1-10H,11-12H2,(H,18,22)(H,19,20,21). The van der Waals surface area contributed by atoms with E-state index < -0.39 is 0 Å². The smallest absolute Gasteiger partial charge is 0.225 e. The van der Waals surface area contributed by atoms with Crippen LogP contribution in [0.4, 0.5) is 5.69 Å². The van der Waals surface area contributed by atoms with Crippen LogP contribution in [-0.4, -0.2) is 26.8 Å². The number of carbonyl (C=O) groups excluding carboxylic acids is 1. The fraction of sp³-hybridized carbons (Fsp3) is 0.118. The summed E-state index contributed by atoms with van der Waals surface area (Å²) in [4.78, 5) is 16.3. The van der Waals surface area contributed by atoms with Crippen molar-refractivity contribution in [2.24, 2.45) is 0 Å². The van der Waals surface area contributed by atoms with Crippen molar-refractivity contribution in [3.63, 3.8) is 0 Å². The van der Waals surface area contributed by atoms with Crippen molar-refractivity contribution in [2.75, 3.05) is 11.1 Å². The number of thioether (sulfide) groups is 1. The number of aromatic amines is 1. The predicted octanol–water partition coefficient (Wildman–Crippen LogP) is 3.59. The van der Waals surface area contributed by atoms with Gasteiger partial charge in [-0.15, -0.1) is 5.10 Å². The van der Waals surface area contributed by atoms with E-state index in [1.54, 1.807) is 0 Å². The van der Waals surface area contributed by atoms with Crippen LogP contribution in [0.15, 0.2) is 65.8 Å². The van der Waals surface area contributed by atoms with Crippen molar-refractivity contribution in [1.29, 1.82) is 0 Å². The van der Waals surface area contributed by atoms with Crippen molar-refractivity contribution in [3.8, 4) is 11.4 Å². The van der Waals surface area contributed by atoms with Crippen molar-refractivity contribution >= 4 is 23.4 Å². The summed E-state index contributed by atoms with van der Waals surface area (Å²) >= 11 is 1.46. The van der Waals surface area contributed by atoms with Crippen LogP contribution >= 0.6 is 11.8 Å². The normalized spacial score (nSPS) is 10.4. The summed E-state index contributed by atoms with van der Waals surface area (Å²) in [5.74, 6) is 1.36. The van der Waals surface area contributed by atoms with Gasteiger partial charge in [-0.2, -0.15) is 0 Å². The molecule has 0 atom stereocenters. The molecule has 3 rings (SSSR count). The lowest BCUT2D eigenvalue weighted by atomic mass is 10.2. The SMILES string of the molecule is O=C(CCSc1n[nH]c(-c2ccccc2)n1)Nc1ccccc1. The molecule has 0 aliphatic heterocycles. The number of aromatic nitrogens is 3. The van der Waals surface area contributed by atoms with Gasteiger partial charge in [0, 0.05) is 23.4 Å². The molecule has 116 valence electrons. The van der Waals surface area contributed by atoms with Crippen molar-refractivity contribution in [1.82, 2.24) is 15.2 Å². The monoisotopic (exact) mass is 324 g/mol. The van der Waals surface area contributed by atoms with E-state index in [2.05, 4.69) is 20.5 Å². The Morgan fingerprint density at radius 1 is 1.04 bits per heavy atom. The number of nitrogens with zero attached hydrogens (tertiary/aromatic N) is 2. The van der Waals surface area contributed by atoms with E-state index in [9.17, 15) is 4.79 Å². The molecule has 0 aliphatic rings. The van der Waals surface area contributed by atoms with Gasteiger partial charge in [-0.3, -0.25) is 9.89 Å². The summed E-state index contributed by atoms with van der Waals surface area (Å²) in [6, 6.07) is 19.3. The number of rotatable bonds is 6. The molecule has 5 nitrogen and oxygen atoms in total. The second-order valence-electron chi connectivity index (χ2n) is 4.85. The number of amides is 1. The highest BCUT2D eigenvalue weighted by molar-refractivity contribution is 7.99. The minimum Gasteiger partial charge on any atom is -0.326 e. The molecule has 0 saturated heterocycles. The summed E-state index contributed by atoms with van der Waals surface area (Å²) in [5.41, 5.74) is 1.81. The Morgan fingerprint density at radius 2 is 1.74 bits per heavy atom. The van der Waals surface area contributed by atoms with Gasteiger partial charge in [0.25, 0.3) is 0 Å². The summed E-state index contributed by atoms with van der Waals surface area (Å²) < 4.78 is 0. The van der Waals surface area contributed by atoms with Gasteiger partial charge in [-0.25, -0.2) is 4.98 Å². The molecular formula is C17H16N4OS. The Hall–Kier alpha value is -2.60. The summed E-state index contributed by atoms with van der Waals surface area (Å²) in [6.07, 6.45) is 0.411. The zero-order valence-corrected chi connectivity index (χ0v) is 13.2. The van der Waals surface area contributed by atoms with Crippen LogP contribution in [0.1, 0.15) is 6.42 Å². The van der Waals surface area contributed by atoms with E-state index in [1.165, 1.54) is 11.8 Å². The molecule has 6 heteroatoms. The molecule has 0 unspecified atom stereocenters. The van der Waals surface area contributed by atoms with Gasteiger partial charge in [0.05, 0.1) is 0 Å². The van der Waals surface area contributed by atoms with Crippen LogP contribution < -0.4 is 5.32 Å². The number of anilines is 1. The topological polar surface area (TPSA) is 70.7 Å². The van der Waals surface area contributed by atoms with Crippen LogP contribution in [0.2, 0.25) is 0 Å². The largest absolute Gasteiger partial charge is 0.326 e. The number of para-hydroxylation sites is 1. The minimum atomic E-state index is -0.0116. The highest BCUT2D eigenvalue weighted by Gasteiger charge is 2.07. The van der Waals surface area contributed by atoms with Crippen LogP contribution in [0.5, 0.6) is 0 Å². The van der Waals surface area contributed by atoms with Crippen molar-refractivity contribution in [2.45, 2.75) is 11.6 Å². The van der Waals surface area contributed by atoms with Crippen LogP contribution in [0.3, 0.4) is 0 Å². The molecule has 0 saturated carbocycles. The molecule has 0 spiro atoms. The quantitative estimate of drug-likeness (QED) is 0.680. The zero-order chi connectivity index (χ0) is 15.9. The maximum Gasteiger partial charge on any atom is 0.225 e. The fourth-order valence-electron chi connectivity index (χ4n) is 2.02. The Kier molecular flexibility index (Phi) is 5.06. The first-order valence-electron chi connectivity index (χ1n) is 7.27. The van der Waals surface area contributed by atoms with E-state index in [0.29, 0.717) is 17.3 Å². The maximum absolute atomic E-state index is 11.9. The highest BCUT2D eigenvalue weighted by Crippen LogP contribution is 2.19. The lowest BCUT2D eigenvalue weighted by molar-refractivity contribution is -0.115. The van der Waals surface area contributed by atoms with Crippen LogP contribution in [-0.2, 0) is 4.79 Å². The Bertz CT molecular complexity index is 759. The summed E-state index contributed by atoms with van der Waals surface area (Å²) in [5, 5.41) is 10.6. The lowest BCUT2D eigenvalue weighted by Crippen LogP contribution is -2.11.